The number of unbranched alkanes of at least 4 members (excludes halogenated alkanes) is 3. The summed E-state index contributed by atoms with van der Waals surface area (Å²) in [5.41, 5.74) is 0.329. The maximum Gasteiger partial charge on any atom is 0.308 e. The zero-order valence-corrected chi connectivity index (χ0v) is 19.8. The minimum Gasteiger partial charge on any atom is -0.469 e. The fraction of sp³-hybridized carbons (Fsp3) is 0.593. The average molecular weight is 429 g/mol. The predicted octanol–water partition coefficient (Wildman–Crippen LogP) is 7.06. The van der Waals surface area contributed by atoms with E-state index in [0.29, 0.717) is 12.3 Å². The molecule has 0 spiro atoms. The lowest BCUT2D eigenvalue weighted by Crippen LogP contribution is -2.32. The largest absolute Gasteiger partial charge is 0.469 e. The van der Waals surface area contributed by atoms with Gasteiger partial charge in [0.25, 0.3) is 0 Å². The number of hydrogen-bond donors (Lipinski definition) is 0. The first-order valence-corrected chi connectivity index (χ1v) is 11.6. The molecule has 0 radical (unpaired) electrons. The van der Waals surface area contributed by atoms with E-state index in [1.807, 2.05) is 13.0 Å². The molecule has 0 N–H and O–H groups in total. The summed E-state index contributed by atoms with van der Waals surface area (Å²) in [7, 11) is 1.40. The summed E-state index contributed by atoms with van der Waals surface area (Å²) in [5, 5.41) is 0. The number of ether oxygens (including phenoxy) is 1. The highest BCUT2D eigenvalue weighted by molar-refractivity contribution is 5.70. The number of rotatable bonds is 13. The third-order valence-corrected chi connectivity index (χ3v) is 5.81. The summed E-state index contributed by atoms with van der Waals surface area (Å²) in [4.78, 5) is 22.8. The lowest BCUT2D eigenvalue weighted by molar-refractivity contribution is -0.346. The normalized spacial score (nSPS) is 24.8. The summed E-state index contributed by atoms with van der Waals surface area (Å²) in [6.07, 6.45) is 17.8. The molecule has 3 atom stereocenters. The summed E-state index contributed by atoms with van der Waals surface area (Å²) in [5.74, 6) is 0.296. The van der Waals surface area contributed by atoms with Gasteiger partial charge in [0, 0.05) is 6.42 Å². The topological polar surface area (TPSA) is 44.8 Å². The second-order valence-electron chi connectivity index (χ2n) is 9.45. The quantitative estimate of drug-likeness (QED) is 0.146. The zero-order chi connectivity index (χ0) is 22.6. The molecule has 1 aromatic carbocycles. The zero-order valence-electron chi connectivity index (χ0n) is 19.8. The standard InChI is InChI=1S/C27H40O4/c1-23(20-26(2)22-27(3,31-30-26)21-25(28)29-4)16-12-9-7-5-6-8-10-13-17-24-18-14-11-15-19-24/h5-6,11,13-15,17-19,23H,7-10,12,16,20-22H2,1-4H3/b6-5+,17-13-/t23?,26-,27+/m1/s1. The summed E-state index contributed by atoms with van der Waals surface area (Å²) >= 11 is 0. The van der Waals surface area contributed by atoms with Crippen molar-refractivity contribution < 1.29 is 19.3 Å². The molecular formula is C27H40O4. The number of allylic oxidation sites excluding steroid dienone is 3. The van der Waals surface area contributed by atoms with Crippen molar-refractivity contribution in [1.82, 2.24) is 0 Å². The van der Waals surface area contributed by atoms with E-state index in [0.717, 1.165) is 25.7 Å². The molecule has 1 fully saturated rings. The number of benzene rings is 1. The maximum atomic E-state index is 11.6. The van der Waals surface area contributed by atoms with Crippen LogP contribution in [0.4, 0.5) is 0 Å². The van der Waals surface area contributed by atoms with Crippen LogP contribution in [-0.2, 0) is 19.3 Å². The number of hydrogen-bond acceptors (Lipinski definition) is 4. The van der Waals surface area contributed by atoms with Crippen molar-refractivity contribution in [1.29, 1.82) is 0 Å². The van der Waals surface area contributed by atoms with Crippen LogP contribution in [0.15, 0.2) is 48.6 Å². The van der Waals surface area contributed by atoms with Gasteiger partial charge in [0.2, 0.25) is 0 Å². The van der Waals surface area contributed by atoms with E-state index in [4.69, 9.17) is 14.5 Å². The Morgan fingerprint density at radius 1 is 1.03 bits per heavy atom. The smallest absolute Gasteiger partial charge is 0.308 e. The number of carbonyl (C=O) groups is 1. The van der Waals surface area contributed by atoms with Crippen LogP contribution in [0.1, 0.15) is 84.1 Å². The molecular weight excluding hydrogens is 388 g/mol. The van der Waals surface area contributed by atoms with Gasteiger partial charge in [0.05, 0.1) is 13.5 Å². The summed E-state index contributed by atoms with van der Waals surface area (Å²) < 4.78 is 4.77. The van der Waals surface area contributed by atoms with Crippen LogP contribution < -0.4 is 0 Å². The van der Waals surface area contributed by atoms with E-state index in [9.17, 15) is 4.79 Å². The van der Waals surface area contributed by atoms with Crippen molar-refractivity contribution in [2.24, 2.45) is 5.92 Å². The molecule has 172 valence electrons. The van der Waals surface area contributed by atoms with Gasteiger partial charge in [-0.25, -0.2) is 9.78 Å². The van der Waals surface area contributed by atoms with Crippen molar-refractivity contribution in [3.8, 4) is 0 Å². The Labute approximate surface area is 188 Å². The molecule has 0 aromatic heterocycles. The van der Waals surface area contributed by atoms with E-state index in [-0.39, 0.29) is 18.0 Å². The average Bonchev–Trinajstić information content (AvgIpc) is 3.03. The Kier molecular flexibility index (Phi) is 10.5. The van der Waals surface area contributed by atoms with Gasteiger partial charge in [0.1, 0.15) is 11.2 Å². The van der Waals surface area contributed by atoms with Crippen LogP contribution in [0, 0.1) is 5.92 Å². The second-order valence-corrected chi connectivity index (χ2v) is 9.45. The van der Waals surface area contributed by atoms with Gasteiger partial charge in [-0.1, -0.05) is 74.4 Å². The molecule has 31 heavy (non-hydrogen) atoms. The van der Waals surface area contributed by atoms with E-state index in [1.54, 1.807) is 0 Å². The van der Waals surface area contributed by atoms with Gasteiger partial charge in [-0.05, 0) is 57.4 Å². The molecule has 4 heteroatoms. The van der Waals surface area contributed by atoms with E-state index in [1.165, 1.54) is 31.9 Å². The highest BCUT2D eigenvalue weighted by atomic mass is 17.2. The first kappa shape index (κ1) is 25.4. The summed E-state index contributed by atoms with van der Waals surface area (Å²) in [6, 6.07) is 10.4. The van der Waals surface area contributed by atoms with Crippen LogP contribution in [0.25, 0.3) is 6.08 Å². The molecule has 0 amide bonds. The van der Waals surface area contributed by atoms with Gasteiger partial charge < -0.3 is 4.74 Å². The minimum atomic E-state index is -0.595. The molecule has 1 aromatic rings. The molecule has 1 aliphatic heterocycles. The molecule has 0 aliphatic carbocycles. The highest BCUT2D eigenvalue weighted by Gasteiger charge is 2.48. The molecule has 1 saturated heterocycles. The van der Waals surface area contributed by atoms with Crippen molar-refractivity contribution in [2.45, 2.75) is 89.8 Å². The highest BCUT2D eigenvalue weighted by Crippen LogP contribution is 2.42. The van der Waals surface area contributed by atoms with Crippen molar-refractivity contribution in [3.63, 3.8) is 0 Å². The molecule has 0 saturated carbocycles. The first-order chi connectivity index (χ1) is 14.8. The SMILES string of the molecule is COC(=O)C[C@@]1(C)C[C@@](C)(CC(C)CCCC/C=C/CC/C=C\c2ccccc2)OO1. The number of methoxy groups -OCH3 is 1. The van der Waals surface area contributed by atoms with E-state index in [2.05, 4.69) is 62.4 Å². The van der Waals surface area contributed by atoms with Crippen LogP contribution in [0.3, 0.4) is 0 Å². The van der Waals surface area contributed by atoms with Gasteiger partial charge in [-0.3, -0.25) is 4.79 Å². The fourth-order valence-electron chi connectivity index (χ4n) is 4.43. The second kappa shape index (κ2) is 12.8. The summed E-state index contributed by atoms with van der Waals surface area (Å²) in [6.45, 7) is 6.28. The van der Waals surface area contributed by atoms with Gasteiger partial charge >= 0.3 is 5.97 Å². The molecule has 1 unspecified atom stereocenters. The van der Waals surface area contributed by atoms with E-state index >= 15 is 0 Å². The fourth-order valence-corrected chi connectivity index (χ4v) is 4.43. The monoisotopic (exact) mass is 428 g/mol. The lowest BCUT2D eigenvalue weighted by Gasteiger charge is -2.25. The Morgan fingerprint density at radius 2 is 1.71 bits per heavy atom. The maximum absolute atomic E-state index is 11.6. The van der Waals surface area contributed by atoms with Gasteiger partial charge in [-0.2, -0.15) is 0 Å². The predicted molar refractivity (Wildman–Crippen MR) is 126 cm³/mol. The third kappa shape index (κ3) is 9.84. The van der Waals surface area contributed by atoms with E-state index < -0.39 is 5.60 Å². The molecule has 1 heterocycles. The molecule has 0 bridgehead atoms. The van der Waals surface area contributed by atoms with Gasteiger partial charge in [-0.15, -0.1) is 0 Å². The van der Waals surface area contributed by atoms with Crippen LogP contribution >= 0.6 is 0 Å². The number of carbonyl (C=O) groups excluding carboxylic acids is 1. The van der Waals surface area contributed by atoms with Gasteiger partial charge in [0.15, 0.2) is 0 Å². The van der Waals surface area contributed by atoms with Crippen LogP contribution in [0.2, 0.25) is 0 Å². The lowest BCUT2D eigenvalue weighted by atomic mass is 9.81. The van der Waals surface area contributed by atoms with Crippen LogP contribution in [0.5, 0.6) is 0 Å². The third-order valence-electron chi connectivity index (χ3n) is 5.81. The van der Waals surface area contributed by atoms with Crippen molar-refractivity contribution in [2.75, 3.05) is 7.11 Å². The Hall–Kier alpha value is -1.91. The van der Waals surface area contributed by atoms with Crippen LogP contribution in [-0.4, -0.2) is 24.3 Å². The number of esters is 1. The first-order valence-electron chi connectivity index (χ1n) is 11.6. The Balaban J connectivity index is 1.55. The molecule has 1 aliphatic rings. The minimum absolute atomic E-state index is 0.224. The van der Waals surface area contributed by atoms with Crippen molar-refractivity contribution >= 4 is 12.0 Å². The molecule has 4 nitrogen and oxygen atoms in total. The Bertz CT molecular complexity index is 711. The Morgan fingerprint density at radius 3 is 2.45 bits per heavy atom. The van der Waals surface area contributed by atoms with Crippen molar-refractivity contribution in [3.05, 3.63) is 54.1 Å². The molecule has 2 rings (SSSR count).